The third kappa shape index (κ3) is 6.03. The molecule has 2 aliphatic heterocycles. The van der Waals surface area contributed by atoms with Crippen LogP contribution in [0.2, 0.25) is 0 Å². The van der Waals surface area contributed by atoms with Crippen LogP contribution in [0.25, 0.3) is 0 Å². The summed E-state index contributed by atoms with van der Waals surface area (Å²) in [5.41, 5.74) is 2.41. The van der Waals surface area contributed by atoms with Crippen LogP contribution in [0.5, 0.6) is 0 Å². The molecule has 6 nitrogen and oxygen atoms in total. The van der Waals surface area contributed by atoms with E-state index in [1.807, 2.05) is 9.80 Å². The van der Waals surface area contributed by atoms with Crippen LogP contribution in [0, 0.1) is 12.8 Å². The second kappa shape index (κ2) is 9.37. The average Bonchev–Trinajstić information content (AvgIpc) is 2.69. The van der Waals surface area contributed by atoms with Crippen molar-refractivity contribution in [2.24, 2.45) is 5.92 Å². The first-order valence-electron chi connectivity index (χ1n) is 10.3. The molecule has 2 fully saturated rings. The number of likely N-dealkylation sites (tertiary alicyclic amines) is 1. The molecule has 1 aromatic carbocycles. The first-order chi connectivity index (χ1) is 13.3. The van der Waals surface area contributed by atoms with Crippen LogP contribution in [-0.2, 0) is 21.1 Å². The molecule has 28 heavy (non-hydrogen) atoms. The summed E-state index contributed by atoms with van der Waals surface area (Å²) in [6.45, 7) is 5.00. The summed E-state index contributed by atoms with van der Waals surface area (Å²) in [5, 5.41) is 10.6. The molecule has 0 bridgehead atoms. The molecule has 3 rings (SSSR count). The number of piperidine rings is 1. The minimum atomic E-state index is -2.89. The highest BCUT2D eigenvalue weighted by atomic mass is 32.2. The number of hydrogen-bond donors (Lipinski definition) is 1. The van der Waals surface area contributed by atoms with Gasteiger partial charge in [-0.15, -0.1) is 0 Å². The van der Waals surface area contributed by atoms with Crippen LogP contribution in [-0.4, -0.2) is 79.6 Å². The molecule has 2 heterocycles. The highest BCUT2D eigenvalue weighted by molar-refractivity contribution is 7.91. The third-order valence-corrected chi connectivity index (χ3v) is 7.68. The van der Waals surface area contributed by atoms with Gasteiger partial charge >= 0.3 is 0 Å². The number of carbonyl (C=O) groups excluding carboxylic acids is 1. The zero-order valence-corrected chi connectivity index (χ0v) is 17.5. The van der Waals surface area contributed by atoms with Crippen molar-refractivity contribution in [1.29, 1.82) is 0 Å². The van der Waals surface area contributed by atoms with Gasteiger partial charge in [0.25, 0.3) is 0 Å². The number of sulfone groups is 1. The first-order valence-corrected chi connectivity index (χ1v) is 12.1. The van der Waals surface area contributed by atoms with E-state index in [1.54, 1.807) is 0 Å². The van der Waals surface area contributed by atoms with Crippen molar-refractivity contribution in [3.63, 3.8) is 0 Å². The number of nitrogens with zero attached hydrogens (tertiary/aromatic N) is 2. The predicted octanol–water partition coefficient (Wildman–Crippen LogP) is 1.26. The normalized spacial score (nSPS) is 22.1. The van der Waals surface area contributed by atoms with Gasteiger partial charge in [-0.25, -0.2) is 8.42 Å². The van der Waals surface area contributed by atoms with Gasteiger partial charge in [0, 0.05) is 39.1 Å². The number of aliphatic hydroxyl groups is 1. The molecule has 156 valence electrons. The Kier molecular flexibility index (Phi) is 7.12. The average molecular weight is 409 g/mol. The van der Waals surface area contributed by atoms with E-state index in [9.17, 15) is 18.3 Å². The number of hydrogen-bond acceptors (Lipinski definition) is 5. The molecule has 1 atom stereocenters. The highest BCUT2D eigenvalue weighted by Crippen LogP contribution is 2.23. The Balaban J connectivity index is 1.38. The fourth-order valence-corrected chi connectivity index (χ4v) is 5.32. The Labute approximate surface area is 168 Å². The Morgan fingerprint density at radius 1 is 1.11 bits per heavy atom. The zero-order valence-electron chi connectivity index (χ0n) is 16.7. The van der Waals surface area contributed by atoms with Crippen LogP contribution in [0.1, 0.15) is 30.4 Å². The van der Waals surface area contributed by atoms with Gasteiger partial charge in [0.05, 0.1) is 17.6 Å². The summed E-state index contributed by atoms with van der Waals surface area (Å²) in [6, 6.07) is 8.31. The molecule has 1 N–H and O–H groups in total. The fourth-order valence-electron chi connectivity index (χ4n) is 4.04. The zero-order chi connectivity index (χ0) is 20.1. The standard InChI is InChI=1S/C21H32N2O4S/c1-17-2-4-18(5-3-17)6-7-21(25)23-10-8-19(9-11-23)20(24)16-22-12-14-28(26,27)15-13-22/h2-5,19-20,24H,6-16H2,1H3. The smallest absolute Gasteiger partial charge is 0.222 e. The summed E-state index contributed by atoms with van der Waals surface area (Å²) in [7, 11) is -2.89. The van der Waals surface area contributed by atoms with Gasteiger partial charge in [-0.05, 0) is 37.7 Å². The fraction of sp³-hybridized carbons (Fsp3) is 0.667. The third-order valence-electron chi connectivity index (χ3n) is 6.07. The van der Waals surface area contributed by atoms with Gasteiger partial charge in [0.1, 0.15) is 0 Å². The lowest BCUT2D eigenvalue weighted by atomic mass is 9.90. The van der Waals surface area contributed by atoms with Crippen LogP contribution in [0.15, 0.2) is 24.3 Å². The molecule has 2 aliphatic rings. The van der Waals surface area contributed by atoms with Crippen LogP contribution < -0.4 is 0 Å². The van der Waals surface area contributed by atoms with E-state index in [4.69, 9.17) is 0 Å². The SMILES string of the molecule is Cc1ccc(CCC(=O)N2CCC(C(O)CN3CCS(=O)(=O)CC3)CC2)cc1. The summed E-state index contributed by atoms with van der Waals surface area (Å²) >= 11 is 0. The van der Waals surface area contributed by atoms with Crippen molar-refractivity contribution < 1.29 is 18.3 Å². The molecule has 0 saturated carbocycles. The largest absolute Gasteiger partial charge is 0.392 e. The Bertz CT molecular complexity index is 741. The molecule has 1 amide bonds. The quantitative estimate of drug-likeness (QED) is 0.767. The molecule has 1 aromatic rings. The van der Waals surface area contributed by atoms with E-state index in [2.05, 4.69) is 31.2 Å². The second-order valence-corrected chi connectivity index (χ2v) is 10.5. The topological polar surface area (TPSA) is 77.9 Å². The maximum atomic E-state index is 12.5. The number of aliphatic hydroxyl groups excluding tert-OH is 1. The van der Waals surface area contributed by atoms with Crippen LogP contribution in [0.4, 0.5) is 0 Å². The maximum absolute atomic E-state index is 12.5. The molecular formula is C21H32N2O4S. The van der Waals surface area contributed by atoms with Gasteiger partial charge in [0.15, 0.2) is 9.84 Å². The number of β-amino-alcohol motifs (C(OH)–C–C–N with tert-alkyl or cyclic N) is 1. The molecule has 0 aliphatic carbocycles. The molecule has 0 aromatic heterocycles. The monoisotopic (exact) mass is 408 g/mol. The maximum Gasteiger partial charge on any atom is 0.222 e. The van der Waals surface area contributed by atoms with E-state index in [0.717, 1.165) is 19.3 Å². The number of carbonyl (C=O) groups is 1. The molecule has 0 radical (unpaired) electrons. The Morgan fingerprint density at radius 3 is 2.32 bits per heavy atom. The highest BCUT2D eigenvalue weighted by Gasteiger charge is 2.30. The summed E-state index contributed by atoms with van der Waals surface area (Å²) in [5.74, 6) is 0.746. The molecule has 1 unspecified atom stereocenters. The van der Waals surface area contributed by atoms with Gasteiger partial charge in [0.2, 0.25) is 5.91 Å². The minimum absolute atomic E-state index is 0.180. The summed E-state index contributed by atoms with van der Waals surface area (Å²) < 4.78 is 23.0. The Hall–Kier alpha value is -1.44. The van der Waals surface area contributed by atoms with Gasteiger partial charge in [-0.1, -0.05) is 29.8 Å². The van der Waals surface area contributed by atoms with Crippen molar-refractivity contribution in [1.82, 2.24) is 9.80 Å². The van der Waals surface area contributed by atoms with E-state index in [0.29, 0.717) is 39.1 Å². The lowest BCUT2D eigenvalue weighted by Gasteiger charge is -2.36. The summed E-state index contributed by atoms with van der Waals surface area (Å²) in [6.07, 6.45) is 2.45. The van der Waals surface area contributed by atoms with E-state index in [-0.39, 0.29) is 23.3 Å². The number of amides is 1. The van der Waals surface area contributed by atoms with Crippen LogP contribution in [0.3, 0.4) is 0 Å². The molecular weight excluding hydrogens is 376 g/mol. The molecule has 7 heteroatoms. The van der Waals surface area contributed by atoms with Crippen molar-refractivity contribution in [3.8, 4) is 0 Å². The van der Waals surface area contributed by atoms with Crippen molar-refractivity contribution in [3.05, 3.63) is 35.4 Å². The van der Waals surface area contributed by atoms with Crippen molar-refractivity contribution in [2.75, 3.05) is 44.2 Å². The molecule has 2 saturated heterocycles. The van der Waals surface area contributed by atoms with Crippen molar-refractivity contribution >= 4 is 15.7 Å². The first kappa shape index (κ1) is 21.3. The Morgan fingerprint density at radius 2 is 1.71 bits per heavy atom. The van der Waals surface area contributed by atoms with Crippen LogP contribution >= 0.6 is 0 Å². The minimum Gasteiger partial charge on any atom is -0.392 e. The molecule has 0 spiro atoms. The summed E-state index contributed by atoms with van der Waals surface area (Å²) in [4.78, 5) is 16.5. The number of aryl methyl sites for hydroxylation is 2. The number of rotatable bonds is 6. The van der Waals surface area contributed by atoms with Gasteiger partial charge < -0.3 is 10.0 Å². The lowest BCUT2D eigenvalue weighted by Crippen LogP contribution is -2.47. The number of benzene rings is 1. The lowest BCUT2D eigenvalue weighted by molar-refractivity contribution is -0.133. The second-order valence-electron chi connectivity index (χ2n) is 8.22. The van der Waals surface area contributed by atoms with E-state index in [1.165, 1.54) is 11.1 Å². The van der Waals surface area contributed by atoms with Gasteiger partial charge in [-0.2, -0.15) is 0 Å². The van der Waals surface area contributed by atoms with E-state index >= 15 is 0 Å². The van der Waals surface area contributed by atoms with Crippen molar-refractivity contribution in [2.45, 2.75) is 38.7 Å². The predicted molar refractivity (Wildman–Crippen MR) is 110 cm³/mol. The van der Waals surface area contributed by atoms with Gasteiger partial charge in [-0.3, -0.25) is 9.69 Å². The van der Waals surface area contributed by atoms with E-state index < -0.39 is 15.9 Å².